The molecule has 272 valence electrons. The maximum Gasteiger partial charge on any atom is 0.303 e. The molecule has 1 N–H and O–H groups in total. The molecule has 2 aromatic carbocycles. The van der Waals surface area contributed by atoms with E-state index in [9.17, 15) is 24.0 Å². The highest BCUT2D eigenvalue weighted by Crippen LogP contribution is 2.50. The number of hydrogen-bond acceptors (Lipinski definition) is 16. The summed E-state index contributed by atoms with van der Waals surface area (Å²) in [6.45, 7) is 4.15. The third kappa shape index (κ3) is 8.67. The molecule has 1 heterocycles. The van der Waals surface area contributed by atoms with Gasteiger partial charge in [0.25, 0.3) is 0 Å². The van der Waals surface area contributed by atoms with Crippen LogP contribution in [-0.2, 0) is 54.1 Å². The van der Waals surface area contributed by atoms with Gasteiger partial charge in [0.1, 0.15) is 12.7 Å². The third-order valence-electron chi connectivity index (χ3n) is 8.00. The molecular weight excluding hydrogens is 678 g/mol. The van der Waals surface area contributed by atoms with Crippen LogP contribution in [0.3, 0.4) is 0 Å². The Kier molecular flexibility index (Phi) is 13.1. The minimum Gasteiger partial charge on any atom is -0.493 e. The lowest BCUT2D eigenvalue weighted by Gasteiger charge is -2.44. The van der Waals surface area contributed by atoms with E-state index in [1.54, 1.807) is 12.3 Å². The highest BCUT2D eigenvalue weighted by atomic mass is 32.2. The Morgan fingerprint density at radius 1 is 0.840 bits per heavy atom. The number of thioether (sulfide) groups is 1. The molecule has 0 aromatic heterocycles. The molecule has 1 aliphatic carbocycles. The van der Waals surface area contributed by atoms with E-state index in [4.69, 9.17) is 42.7 Å². The summed E-state index contributed by atoms with van der Waals surface area (Å²) in [5.74, 6) is -1.72. The molecule has 0 spiro atoms. The first-order chi connectivity index (χ1) is 23.8. The van der Waals surface area contributed by atoms with Crippen molar-refractivity contribution in [2.24, 2.45) is 0 Å². The highest BCUT2D eigenvalue weighted by molar-refractivity contribution is 7.98. The van der Waals surface area contributed by atoms with Crippen LogP contribution in [0.2, 0.25) is 0 Å². The zero-order valence-electron chi connectivity index (χ0n) is 29.0. The van der Waals surface area contributed by atoms with E-state index < -0.39 is 67.2 Å². The summed E-state index contributed by atoms with van der Waals surface area (Å²) in [4.78, 5) is 68.4. The number of benzene rings is 1. The van der Waals surface area contributed by atoms with Crippen LogP contribution in [0.5, 0.6) is 17.2 Å². The number of carbonyl (C=O) groups is 4. The van der Waals surface area contributed by atoms with E-state index in [0.29, 0.717) is 51.7 Å². The zero-order valence-corrected chi connectivity index (χ0v) is 29.8. The lowest BCUT2D eigenvalue weighted by molar-refractivity contribution is -0.323. The molecule has 15 nitrogen and oxygen atoms in total. The lowest BCUT2D eigenvalue weighted by Crippen LogP contribution is -2.63. The van der Waals surface area contributed by atoms with Crippen LogP contribution in [-0.4, -0.2) is 88.8 Å². The number of esters is 4. The van der Waals surface area contributed by atoms with Gasteiger partial charge in [-0.2, -0.15) is 5.48 Å². The molecule has 16 heteroatoms. The van der Waals surface area contributed by atoms with Crippen molar-refractivity contribution in [3.63, 3.8) is 0 Å². The van der Waals surface area contributed by atoms with Crippen LogP contribution in [0.1, 0.15) is 51.3 Å². The Morgan fingerprint density at radius 3 is 2.06 bits per heavy atom. The lowest BCUT2D eigenvalue weighted by atomic mass is 9.95. The summed E-state index contributed by atoms with van der Waals surface area (Å²) in [7, 11) is 4.54. The third-order valence-corrected chi connectivity index (χ3v) is 8.77. The smallest absolute Gasteiger partial charge is 0.303 e. The number of methoxy groups -OCH3 is 3. The molecule has 4 rings (SSSR count). The van der Waals surface area contributed by atoms with Crippen molar-refractivity contribution >= 4 is 35.6 Å². The summed E-state index contributed by atoms with van der Waals surface area (Å²) in [5, 5.41) is 0. The summed E-state index contributed by atoms with van der Waals surface area (Å²) >= 11 is 1.30. The molecule has 50 heavy (non-hydrogen) atoms. The van der Waals surface area contributed by atoms with Crippen LogP contribution in [0.15, 0.2) is 34.0 Å². The fourth-order valence-electron chi connectivity index (χ4n) is 6.02. The van der Waals surface area contributed by atoms with Gasteiger partial charge in [-0.15, -0.1) is 11.8 Å². The van der Waals surface area contributed by atoms with Crippen LogP contribution < -0.4 is 25.1 Å². The minimum atomic E-state index is -1.50. The average molecular weight is 720 g/mol. The SMILES string of the molecule is COc1cc2c(c(OC)c1OC)-c1ccc(SC)c(=O)cc1[C@@H](NO[C@H]1O[C@@H](COC(C)=O)[C@H](OC(C)=O)[C@@H](OC(C)=O)[C@@H]1OC(C)=O)CC2. The molecular formula is C34H41NO14S. The molecule has 0 amide bonds. The van der Waals surface area contributed by atoms with Gasteiger partial charge in [-0.1, -0.05) is 6.07 Å². The Labute approximate surface area is 293 Å². The van der Waals surface area contributed by atoms with Gasteiger partial charge in [-0.05, 0) is 54.0 Å². The van der Waals surface area contributed by atoms with Crippen molar-refractivity contribution in [2.45, 2.75) is 82.2 Å². The second-order valence-corrected chi connectivity index (χ2v) is 12.2. The monoisotopic (exact) mass is 719 g/mol. The van der Waals surface area contributed by atoms with Crippen LogP contribution in [0.4, 0.5) is 0 Å². The van der Waals surface area contributed by atoms with Gasteiger partial charge < -0.3 is 37.9 Å². The topological polar surface area (TPSA) is 180 Å². The molecule has 1 aliphatic heterocycles. The second kappa shape index (κ2) is 17.0. The maximum atomic E-state index is 13.4. The number of aryl methyl sites for hydroxylation is 1. The zero-order chi connectivity index (χ0) is 36.7. The molecule has 1 fully saturated rings. The maximum absolute atomic E-state index is 13.4. The van der Waals surface area contributed by atoms with E-state index in [-0.39, 0.29) is 5.43 Å². The number of carbonyl (C=O) groups excluding carboxylic acids is 4. The van der Waals surface area contributed by atoms with Crippen LogP contribution >= 0.6 is 11.8 Å². The number of fused-ring (bicyclic) bond motifs is 3. The number of ether oxygens (including phenoxy) is 8. The summed E-state index contributed by atoms with van der Waals surface area (Å²) < 4.78 is 44.9. The van der Waals surface area contributed by atoms with E-state index in [2.05, 4.69) is 5.48 Å². The number of hydroxylamine groups is 1. The second-order valence-electron chi connectivity index (χ2n) is 11.4. The van der Waals surface area contributed by atoms with Crippen molar-refractivity contribution in [3.8, 4) is 28.4 Å². The first kappa shape index (κ1) is 38.4. The molecule has 2 aliphatic rings. The van der Waals surface area contributed by atoms with Crippen molar-refractivity contribution in [3.05, 3.63) is 45.6 Å². The largest absolute Gasteiger partial charge is 0.493 e. The fourth-order valence-corrected chi connectivity index (χ4v) is 6.49. The quantitative estimate of drug-likeness (QED) is 0.146. The van der Waals surface area contributed by atoms with E-state index >= 15 is 0 Å². The number of rotatable bonds is 12. The normalized spacial score (nSPS) is 22.5. The van der Waals surface area contributed by atoms with Crippen LogP contribution in [0, 0.1) is 0 Å². The van der Waals surface area contributed by atoms with E-state index in [1.807, 2.05) is 12.1 Å². The van der Waals surface area contributed by atoms with Gasteiger partial charge in [-0.3, -0.25) is 28.8 Å². The first-order valence-electron chi connectivity index (χ1n) is 15.6. The predicted octanol–water partition coefficient (Wildman–Crippen LogP) is 3.05. The highest BCUT2D eigenvalue weighted by Gasteiger charge is 2.53. The van der Waals surface area contributed by atoms with Gasteiger partial charge in [0.2, 0.25) is 12.0 Å². The summed E-state index contributed by atoms with van der Waals surface area (Å²) in [6.07, 6.45) is -4.31. The van der Waals surface area contributed by atoms with Crippen molar-refractivity contribution in [1.29, 1.82) is 0 Å². The Hall–Kier alpha value is -4.38. The van der Waals surface area contributed by atoms with Gasteiger partial charge >= 0.3 is 23.9 Å². The van der Waals surface area contributed by atoms with E-state index in [1.165, 1.54) is 46.1 Å². The molecule has 0 saturated carbocycles. The average Bonchev–Trinajstić information content (AvgIpc) is 3.31. The molecule has 0 unspecified atom stereocenters. The van der Waals surface area contributed by atoms with Crippen molar-refractivity contribution in [1.82, 2.24) is 5.48 Å². The predicted molar refractivity (Wildman–Crippen MR) is 177 cm³/mol. The molecule has 1 saturated heterocycles. The van der Waals surface area contributed by atoms with Gasteiger partial charge in [0.15, 0.2) is 35.2 Å². The standard InChI is InChI=1S/C34H41NO14S/c1-16(36)44-15-26-30(45-17(2)37)32(46-18(3)38)33(47-19(4)39)34(48-26)49-35-23-11-9-20-13-25(41-5)29(42-6)31(43-7)28(20)21-10-12-27(50-8)24(40)14-22(21)23/h10,12-14,23,26,30,32-35H,9,11,15H2,1-8H3/t23-,26-,30-,32+,33-,34+/m0/s1. The molecule has 2 aromatic rings. The molecule has 6 atom stereocenters. The summed E-state index contributed by atoms with van der Waals surface area (Å²) in [5.41, 5.74) is 5.49. The van der Waals surface area contributed by atoms with Gasteiger partial charge in [-0.25, -0.2) is 0 Å². The molecule has 0 radical (unpaired) electrons. The number of hydrogen-bond donors (Lipinski definition) is 1. The fraction of sp³-hybridized carbons (Fsp3) is 0.500. The van der Waals surface area contributed by atoms with Gasteiger partial charge in [0, 0.05) is 33.3 Å². The minimum absolute atomic E-state index is 0.235. The summed E-state index contributed by atoms with van der Waals surface area (Å²) in [6, 6.07) is 6.24. The van der Waals surface area contributed by atoms with Gasteiger partial charge in [0.05, 0.1) is 32.3 Å². The van der Waals surface area contributed by atoms with Crippen molar-refractivity contribution in [2.75, 3.05) is 34.2 Å². The number of nitrogens with one attached hydrogen (secondary N) is 1. The first-order valence-corrected chi connectivity index (χ1v) is 16.8. The Bertz CT molecular complexity index is 1670. The van der Waals surface area contributed by atoms with Crippen LogP contribution in [0.25, 0.3) is 11.1 Å². The Balaban J connectivity index is 1.81. The van der Waals surface area contributed by atoms with Crippen molar-refractivity contribution < 1.29 is 61.9 Å². The molecule has 0 bridgehead atoms. The Morgan fingerprint density at radius 2 is 1.48 bits per heavy atom. The van der Waals surface area contributed by atoms with E-state index in [0.717, 1.165) is 26.3 Å².